The SMILES string of the molecule is CC(C)CC1NC(=O)CCN(c2ccn(C)n2)C1=O. The second-order valence-electron chi connectivity index (χ2n) is 5.34. The summed E-state index contributed by atoms with van der Waals surface area (Å²) in [6.07, 6.45) is 2.75. The van der Waals surface area contributed by atoms with Crippen LogP contribution in [0, 0.1) is 5.92 Å². The molecule has 1 atom stereocenters. The van der Waals surface area contributed by atoms with Crippen LogP contribution < -0.4 is 10.2 Å². The highest BCUT2D eigenvalue weighted by Gasteiger charge is 2.31. The second kappa shape index (κ2) is 5.42. The van der Waals surface area contributed by atoms with Gasteiger partial charge >= 0.3 is 0 Å². The molecule has 1 aliphatic rings. The van der Waals surface area contributed by atoms with Crippen LogP contribution in [0.3, 0.4) is 0 Å². The van der Waals surface area contributed by atoms with Gasteiger partial charge in [-0.3, -0.25) is 19.2 Å². The van der Waals surface area contributed by atoms with Crippen LogP contribution in [-0.4, -0.2) is 34.2 Å². The third-order valence-corrected chi connectivity index (χ3v) is 3.15. The number of carbonyl (C=O) groups excluding carboxylic acids is 2. The summed E-state index contributed by atoms with van der Waals surface area (Å²) in [4.78, 5) is 25.8. The lowest BCUT2D eigenvalue weighted by atomic mass is 10.0. The van der Waals surface area contributed by atoms with Gasteiger partial charge in [0.15, 0.2) is 5.82 Å². The van der Waals surface area contributed by atoms with Gasteiger partial charge in [0, 0.05) is 32.3 Å². The van der Waals surface area contributed by atoms with Gasteiger partial charge in [-0.05, 0) is 12.3 Å². The fraction of sp³-hybridized carbons (Fsp3) is 0.615. The molecule has 6 nitrogen and oxygen atoms in total. The molecule has 2 rings (SSSR count). The molecule has 0 radical (unpaired) electrons. The van der Waals surface area contributed by atoms with E-state index in [4.69, 9.17) is 0 Å². The lowest BCUT2D eigenvalue weighted by Gasteiger charge is -2.23. The van der Waals surface area contributed by atoms with E-state index in [1.165, 1.54) is 0 Å². The minimum atomic E-state index is -0.447. The molecule has 1 unspecified atom stereocenters. The summed E-state index contributed by atoms with van der Waals surface area (Å²) >= 11 is 0. The van der Waals surface area contributed by atoms with E-state index in [9.17, 15) is 9.59 Å². The number of nitrogens with zero attached hydrogens (tertiary/aromatic N) is 3. The topological polar surface area (TPSA) is 67.2 Å². The molecule has 0 aliphatic carbocycles. The van der Waals surface area contributed by atoms with E-state index in [1.54, 1.807) is 28.9 Å². The Hall–Kier alpha value is -1.85. The number of aromatic nitrogens is 2. The predicted molar refractivity (Wildman–Crippen MR) is 71.6 cm³/mol. The van der Waals surface area contributed by atoms with Crippen molar-refractivity contribution in [2.45, 2.75) is 32.7 Å². The molecular weight excluding hydrogens is 244 g/mol. The van der Waals surface area contributed by atoms with Gasteiger partial charge in [0.05, 0.1) is 0 Å². The molecule has 104 valence electrons. The molecule has 1 aromatic heterocycles. The van der Waals surface area contributed by atoms with Crippen molar-refractivity contribution in [3.05, 3.63) is 12.3 Å². The van der Waals surface area contributed by atoms with Crippen LogP contribution in [0.1, 0.15) is 26.7 Å². The first kappa shape index (κ1) is 13.6. The molecule has 2 heterocycles. The number of amides is 2. The number of aryl methyl sites for hydroxylation is 1. The maximum Gasteiger partial charge on any atom is 0.250 e. The largest absolute Gasteiger partial charge is 0.344 e. The van der Waals surface area contributed by atoms with Gasteiger partial charge in [-0.25, -0.2) is 0 Å². The molecule has 1 saturated heterocycles. The number of rotatable bonds is 3. The lowest BCUT2D eigenvalue weighted by molar-refractivity contribution is -0.125. The number of nitrogens with one attached hydrogen (secondary N) is 1. The molecule has 1 fully saturated rings. The standard InChI is InChI=1S/C13H20N4O2/c1-9(2)8-10-13(19)17(7-5-12(18)14-10)11-4-6-16(3)15-11/h4,6,9-10H,5,7-8H2,1-3H3,(H,14,18). The minimum Gasteiger partial charge on any atom is -0.344 e. The Morgan fingerprint density at radius 1 is 1.47 bits per heavy atom. The second-order valence-corrected chi connectivity index (χ2v) is 5.34. The highest BCUT2D eigenvalue weighted by Crippen LogP contribution is 2.17. The molecule has 2 amide bonds. The van der Waals surface area contributed by atoms with Crippen molar-refractivity contribution < 1.29 is 9.59 Å². The molecule has 0 aromatic carbocycles. The van der Waals surface area contributed by atoms with Crippen LogP contribution in [0.25, 0.3) is 0 Å². The molecule has 19 heavy (non-hydrogen) atoms. The predicted octanol–water partition coefficient (Wildman–Crippen LogP) is 0.688. The number of hydrogen-bond acceptors (Lipinski definition) is 3. The summed E-state index contributed by atoms with van der Waals surface area (Å²) in [5, 5.41) is 7.05. The van der Waals surface area contributed by atoms with Crippen molar-refractivity contribution in [2.75, 3.05) is 11.4 Å². The van der Waals surface area contributed by atoms with Crippen LogP contribution in [0.2, 0.25) is 0 Å². The van der Waals surface area contributed by atoms with Gasteiger partial charge in [0.1, 0.15) is 6.04 Å². The van der Waals surface area contributed by atoms with Crippen molar-refractivity contribution >= 4 is 17.6 Å². The van der Waals surface area contributed by atoms with Crippen LogP contribution in [0.4, 0.5) is 5.82 Å². The highest BCUT2D eigenvalue weighted by molar-refractivity contribution is 6.00. The van der Waals surface area contributed by atoms with Crippen molar-refractivity contribution in [3.8, 4) is 0 Å². The zero-order chi connectivity index (χ0) is 14.0. The number of hydrogen-bond donors (Lipinski definition) is 1. The van der Waals surface area contributed by atoms with E-state index in [2.05, 4.69) is 10.4 Å². The van der Waals surface area contributed by atoms with Gasteiger partial charge in [0.25, 0.3) is 5.91 Å². The fourth-order valence-electron chi connectivity index (χ4n) is 2.25. The van der Waals surface area contributed by atoms with Crippen LogP contribution in [0.15, 0.2) is 12.3 Å². The molecule has 0 saturated carbocycles. The van der Waals surface area contributed by atoms with Gasteiger partial charge in [-0.1, -0.05) is 13.8 Å². The number of anilines is 1. The Morgan fingerprint density at radius 3 is 2.79 bits per heavy atom. The molecule has 0 spiro atoms. The monoisotopic (exact) mass is 264 g/mol. The van der Waals surface area contributed by atoms with Crippen LogP contribution in [0.5, 0.6) is 0 Å². The Kier molecular flexibility index (Phi) is 3.87. The molecule has 0 bridgehead atoms. The first-order chi connectivity index (χ1) is 8.97. The number of carbonyl (C=O) groups is 2. The Bertz CT molecular complexity index is 481. The van der Waals surface area contributed by atoms with Crippen molar-refractivity contribution in [1.82, 2.24) is 15.1 Å². The lowest BCUT2D eigenvalue weighted by Crippen LogP contribution is -2.45. The van der Waals surface area contributed by atoms with E-state index in [-0.39, 0.29) is 11.8 Å². The van der Waals surface area contributed by atoms with Gasteiger partial charge in [-0.15, -0.1) is 0 Å². The van der Waals surface area contributed by atoms with Gasteiger partial charge < -0.3 is 5.32 Å². The van der Waals surface area contributed by atoms with E-state index in [0.717, 1.165) is 0 Å². The first-order valence-electron chi connectivity index (χ1n) is 6.57. The van der Waals surface area contributed by atoms with Gasteiger partial charge in [-0.2, -0.15) is 5.10 Å². The molecule has 1 N–H and O–H groups in total. The van der Waals surface area contributed by atoms with E-state index in [1.807, 2.05) is 13.8 Å². The smallest absolute Gasteiger partial charge is 0.250 e. The summed E-state index contributed by atoms with van der Waals surface area (Å²) in [5.41, 5.74) is 0. The fourth-order valence-corrected chi connectivity index (χ4v) is 2.25. The summed E-state index contributed by atoms with van der Waals surface area (Å²) in [6, 6.07) is 1.34. The zero-order valence-corrected chi connectivity index (χ0v) is 11.6. The van der Waals surface area contributed by atoms with Crippen LogP contribution >= 0.6 is 0 Å². The van der Waals surface area contributed by atoms with Gasteiger partial charge in [0.2, 0.25) is 5.91 Å². The Labute approximate surface area is 112 Å². The molecule has 6 heteroatoms. The maximum atomic E-state index is 12.5. The highest BCUT2D eigenvalue weighted by atomic mass is 16.2. The molecule has 1 aromatic rings. The first-order valence-corrected chi connectivity index (χ1v) is 6.57. The molecule has 1 aliphatic heterocycles. The van der Waals surface area contributed by atoms with E-state index in [0.29, 0.717) is 31.1 Å². The quantitative estimate of drug-likeness (QED) is 0.873. The van der Waals surface area contributed by atoms with Crippen LogP contribution in [-0.2, 0) is 16.6 Å². The average Bonchev–Trinajstić information content (AvgIpc) is 2.68. The Balaban J connectivity index is 2.23. The zero-order valence-electron chi connectivity index (χ0n) is 11.6. The Morgan fingerprint density at radius 2 is 2.21 bits per heavy atom. The van der Waals surface area contributed by atoms with Crippen molar-refractivity contribution in [1.29, 1.82) is 0 Å². The minimum absolute atomic E-state index is 0.0711. The summed E-state index contributed by atoms with van der Waals surface area (Å²) < 4.78 is 1.65. The summed E-state index contributed by atoms with van der Waals surface area (Å²) in [6.45, 7) is 4.46. The normalized spacial score (nSPS) is 20.6. The van der Waals surface area contributed by atoms with Crippen molar-refractivity contribution in [3.63, 3.8) is 0 Å². The average molecular weight is 264 g/mol. The van der Waals surface area contributed by atoms with Crippen molar-refractivity contribution in [2.24, 2.45) is 13.0 Å². The molecular formula is C13H20N4O2. The third-order valence-electron chi connectivity index (χ3n) is 3.15. The summed E-state index contributed by atoms with van der Waals surface area (Å²) in [5.74, 6) is 0.811. The third kappa shape index (κ3) is 3.13. The maximum absolute atomic E-state index is 12.5. The summed E-state index contributed by atoms with van der Waals surface area (Å²) in [7, 11) is 1.81. The van der Waals surface area contributed by atoms with E-state index < -0.39 is 6.04 Å². The van der Waals surface area contributed by atoms with E-state index >= 15 is 0 Å².